The van der Waals surface area contributed by atoms with Crippen LogP contribution in [-0.4, -0.2) is 23.4 Å². The van der Waals surface area contributed by atoms with Crippen molar-refractivity contribution in [2.75, 3.05) is 6.61 Å². The van der Waals surface area contributed by atoms with Gasteiger partial charge in [0.25, 0.3) is 0 Å². The fourth-order valence-corrected chi connectivity index (χ4v) is 3.08. The zero-order valence-electron chi connectivity index (χ0n) is 12.0. The molecule has 0 bridgehead atoms. The van der Waals surface area contributed by atoms with Gasteiger partial charge in [0, 0.05) is 6.61 Å². The first-order valence-electron chi connectivity index (χ1n) is 7.68. The van der Waals surface area contributed by atoms with Gasteiger partial charge in [0.05, 0.1) is 11.7 Å². The molecule has 2 nitrogen and oxygen atoms in total. The van der Waals surface area contributed by atoms with Crippen molar-refractivity contribution in [1.82, 2.24) is 0 Å². The minimum absolute atomic E-state index is 0.231. The number of hydrogen-bond acceptors (Lipinski definition) is 2. The Morgan fingerprint density at radius 2 is 1.94 bits per heavy atom. The summed E-state index contributed by atoms with van der Waals surface area (Å²) in [4.78, 5) is 0. The predicted octanol–water partition coefficient (Wildman–Crippen LogP) is 4.22. The van der Waals surface area contributed by atoms with Crippen LogP contribution in [0.3, 0.4) is 0 Å². The normalized spacial score (nSPS) is 20.6. The number of unbranched alkanes of at least 4 members (excludes halogenated alkanes) is 3. The third-order valence-electron chi connectivity index (χ3n) is 4.12. The fourth-order valence-electron chi connectivity index (χ4n) is 3.08. The van der Waals surface area contributed by atoms with Crippen molar-refractivity contribution in [3.63, 3.8) is 0 Å². The molecular formula is C16H30O2. The first-order chi connectivity index (χ1) is 8.75. The molecule has 1 fully saturated rings. The molecule has 2 heteroatoms. The number of allylic oxidation sites excluding steroid dienone is 1. The van der Waals surface area contributed by atoms with Gasteiger partial charge in [-0.1, -0.05) is 38.2 Å². The molecular weight excluding hydrogens is 224 g/mol. The lowest BCUT2D eigenvalue weighted by atomic mass is 9.79. The number of ether oxygens (including phenoxy) is 1. The third-order valence-corrected chi connectivity index (χ3v) is 4.12. The van der Waals surface area contributed by atoms with Crippen molar-refractivity contribution in [3.8, 4) is 0 Å². The van der Waals surface area contributed by atoms with Crippen molar-refractivity contribution in [2.45, 2.75) is 82.8 Å². The Morgan fingerprint density at radius 1 is 1.22 bits per heavy atom. The maximum atomic E-state index is 10.5. The van der Waals surface area contributed by atoms with Gasteiger partial charge in [0.15, 0.2) is 0 Å². The van der Waals surface area contributed by atoms with Crippen LogP contribution in [0.1, 0.15) is 71.1 Å². The molecule has 1 saturated carbocycles. The van der Waals surface area contributed by atoms with Crippen LogP contribution in [0.15, 0.2) is 12.7 Å². The Hall–Kier alpha value is -0.340. The van der Waals surface area contributed by atoms with Crippen LogP contribution in [0.25, 0.3) is 0 Å². The average molecular weight is 254 g/mol. The largest absolute Gasteiger partial charge is 0.390 e. The van der Waals surface area contributed by atoms with E-state index in [9.17, 15) is 5.11 Å². The van der Waals surface area contributed by atoms with E-state index in [0.717, 1.165) is 32.1 Å². The molecule has 1 unspecified atom stereocenters. The molecule has 0 aromatic carbocycles. The summed E-state index contributed by atoms with van der Waals surface area (Å²) in [5, 5.41) is 10.5. The standard InChI is InChI=1S/C16H30O2/c1-3-5-6-7-9-12-15(17)16(18-4-2)13-10-8-11-14-16/h3,15,17H,1,4-14H2,2H3. The topological polar surface area (TPSA) is 29.5 Å². The highest BCUT2D eigenvalue weighted by atomic mass is 16.5. The molecule has 1 rings (SSSR count). The van der Waals surface area contributed by atoms with Gasteiger partial charge in [-0.25, -0.2) is 0 Å². The number of hydrogen-bond donors (Lipinski definition) is 1. The smallest absolute Gasteiger partial charge is 0.0939 e. The van der Waals surface area contributed by atoms with Crippen molar-refractivity contribution >= 4 is 0 Å². The van der Waals surface area contributed by atoms with E-state index in [1.54, 1.807) is 0 Å². The van der Waals surface area contributed by atoms with E-state index in [1.807, 2.05) is 13.0 Å². The van der Waals surface area contributed by atoms with Gasteiger partial charge >= 0.3 is 0 Å². The van der Waals surface area contributed by atoms with E-state index in [1.165, 1.54) is 32.1 Å². The van der Waals surface area contributed by atoms with Gasteiger partial charge in [-0.15, -0.1) is 6.58 Å². The molecule has 18 heavy (non-hydrogen) atoms. The second-order valence-electron chi connectivity index (χ2n) is 5.50. The van der Waals surface area contributed by atoms with Gasteiger partial charge in [0.2, 0.25) is 0 Å². The monoisotopic (exact) mass is 254 g/mol. The van der Waals surface area contributed by atoms with Gasteiger partial charge in [-0.2, -0.15) is 0 Å². The Bertz CT molecular complexity index is 214. The van der Waals surface area contributed by atoms with E-state index < -0.39 is 0 Å². The average Bonchev–Trinajstić information content (AvgIpc) is 2.39. The van der Waals surface area contributed by atoms with Crippen molar-refractivity contribution < 1.29 is 9.84 Å². The van der Waals surface area contributed by atoms with Crippen LogP contribution in [0.4, 0.5) is 0 Å². The lowest BCUT2D eigenvalue weighted by molar-refractivity contribution is -0.141. The molecule has 0 aromatic rings. The van der Waals surface area contributed by atoms with Crippen LogP contribution >= 0.6 is 0 Å². The van der Waals surface area contributed by atoms with Crippen molar-refractivity contribution in [3.05, 3.63) is 12.7 Å². The molecule has 1 aliphatic carbocycles. The Labute approximate surface area is 112 Å². The first kappa shape index (κ1) is 15.7. The second-order valence-corrected chi connectivity index (χ2v) is 5.50. The maximum absolute atomic E-state index is 10.5. The van der Waals surface area contributed by atoms with Gasteiger partial charge in [-0.3, -0.25) is 0 Å². The molecule has 0 heterocycles. The fraction of sp³-hybridized carbons (Fsp3) is 0.875. The van der Waals surface area contributed by atoms with Crippen molar-refractivity contribution in [1.29, 1.82) is 0 Å². The summed E-state index contributed by atoms with van der Waals surface area (Å²) in [5.74, 6) is 0. The van der Waals surface area contributed by atoms with E-state index in [2.05, 4.69) is 6.58 Å². The summed E-state index contributed by atoms with van der Waals surface area (Å²) in [7, 11) is 0. The summed E-state index contributed by atoms with van der Waals surface area (Å²) in [5.41, 5.74) is -0.231. The van der Waals surface area contributed by atoms with Gasteiger partial charge in [0.1, 0.15) is 0 Å². The maximum Gasteiger partial charge on any atom is 0.0939 e. The summed E-state index contributed by atoms with van der Waals surface area (Å²) >= 11 is 0. The van der Waals surface area contributed by atoms with Crippen molar-refractivity contribution in [2.24, 2.45) is 0 Å². The molecule has 0 aromatic heterocycles. The summed E-state index contributed by atoms with van der Waals surface area (Å²) < 4.78 is 5.94. The van der Waals surface area contributed by atoms with Gasteiger partial charge in [-0.05, 0) is 39.0 Å². The molecule has 106 valence electrons. The second kappa shape index (κ2) is 8.71. The molecule has 1 N–H and O–H groups in total. The Kier molecular flexibility index (Phi) is 7.60. The lowest BCUT2D eigenvalue weighted by Crippen LogP contribution is -2.46. The zero-order valence-corrected chi connectivity index (χ0v) is 12.0. The quantitative estimate of drug-likeness (QED) is 0.493. The van der Waals surface area contributed by atoms with Gasteiger partial charge < -0.3 is 9.84 Å². The minimum atomic E-state index is -0.276. The minimum Gasteiger partial charge on any atom is -0.390 e. The van der Waals surface area contributed by atoms with Crippen LogP contribution in [0, 0.1) is 0 Å². The van der Waals surface area contributed by atoms with E-state index in [0.29, 0.717) is 6.61 Å². The van der Waals surface area contributed by atoms with Crippen LogP contribution in [0.2, 0.25) is 0 Å². The molecule has 0 radical (unpaired) electrons. The Morgan fingerprint density at radius 3 is 2.56 bits per heavy atom. The molecule has 1 atom stereocenters. The third kappa shape index (κ3) is 4.74. The summed E-state index contributed by atoms with van der Waals surface area (Å²) in [6, 6.07) is 0. The molecule has 0 aliphatic heterocycles. The zero-order chi connectivity index (χ0) is 13.3. The molecule has 1 aliphatic rings. The SMILES string of the molecule is C=CCCCCCC(O)C1(OCC)CCCCC1. The first-order valence-corrected chi connectivity index (χ1v) is 7.68. The highest BCUT2D eigenvalue weighted by molar-refractivity contribution is 4.91. The van der Waals surface area contributed by atoms with E-state index >= 15 is 0 Å². The molecule has 0 saturated heterocycles. The summed E-state index contributed by atoms with van der Waals surface area (Å²) in [6.07, 6.45) is 12.9. The number of aliphatic hydroxyl groups excluding tert-OH is 1. The number of rotatable bonds is 9. The highest BCUT2D eigenvalue weighted by Crippen LogP contribution is 2.36. The van der Waals surface area contributed by atoms with E-state index in [4.69, 9.17) is 4.74 Å². The van der Waals surface area contributed by atoms with Crippen LogP contribution in [0.5, 0.6) is 0 Å². The molecule has 0 spiro atoms. The van der Waals surface area contributed by atoms with Crippen LogP contribution < -0.4 is 0 Å². The lowest BCUT2D eigenvalue weighted by Gasteiger charge is -2.41. The van der Waals surface area contributed by atoms with Crippen LogP contribution in [-0.2, 0) is 4.74 Å². The predicted molar refractivity (Wildman–Crippen MR) is 76.7 cm³/mol. The van der Waals surface area contributed by atoms with E-state index in [-0.39, 0.29) is 11.7 Å². The number of aliphatic hydroxyl groups is 1. The Balaban J connectivity index is 2.34. The molecule has 0 amide bonds. The highest BCUT2D eigenvalue weighted by Gasteiger charge is 2.39. The summed E-state index contributed by atoms with van der Waals surface area (Å²) in [6.45, 7) is 6.48.